The lowest BCUT2D eigenvalue weighted by Crippen LogP contribution is -2.24. The molecule has 0 spiro atoms. The maximum absolute atomic E-state index is 13.4. The number of ether oxygens (including phenoxy) is 4. The summed E-state index contributed by atoms with van der Waals surface area (Å²) < 4.78 is 22.3. The Balaban J connectivity index is 1.44. The number of likely N-dealkylation sites (N-methyl/N-ethyl adjacent to an activating group) is 1. The van der Waals surface area contributed by atoms with Crippen LogP contribution >= 0.6 is 11.6 Å². The topological polar surface area (TPSA) is 74.3 Å². The molecule has 0 N–H and O–H groups in total. The highest BCUT2D eigenvalue weighted by atomic mass is 35.5. The van der Waals surface area contributed by atoms with E-state index in [1.807, 2.05) is 6.07 Å². The molecule has 0 fully saturated rings. The third-order valence-electron chi connectivity index (χ3n) is 8.51. The van der Waals surface area contributed by atoms with Crippen LogP contribution in [-0.4, -0.2) is 51.2 Å². The normalized spacial score (nSPS) is 16.0. The van der Waals surface area contributed by atoms with Gasteiger partial charge < -0.3 is 23.8 Å². The van der Waals surface area contributed by atoms with E-state index in [-0.39, 0.29) is 22.4 Å². The summed E-state index contributed by atoms with van der Waals surface area (Å²) in [6, 6.07) is 21.8. The van der Waals surface area contributed by atoms with Crippen LogP contribution in [0.25, 0.3) is 0 Å². The standard InChI is InChI=1S/C36H34ClNO6/c1-38-18-17-29-30(31(21-38)26-8-7-22-5-4-6-25(22)19-26)20-32(43-35(39)23-9-13-27(41-2)14-10-23)34(33(29)37)44-36(40)24-11-15-28(42-3)16-12-24/h7-16,19-20,31H,4-6,17-18,21H2,1-3H3. The van der Waals surface area contributed by atoms with E-state index < -0.39 is 11.9 Å². The van der Waals surface area contributed by atoms with Gasteiger partial charge in [-0.25, -0.2) is 9.59 Å². The van der Waals surface area contributed by atoms with E-state index in [1.165, 1.54) is 23.1 Å². The second-order valence-electron chi connectivity index (χ2n) is 11.3. The Morgan fingerprint density at radius 3 is 2.02 bits per heavy atom. The molecule has 2 aliphatic rings. The fourth-order valence-electron chi connectivity index (χ4n) is 6.06. The Morgan fingerprint density at radius 2 is 1.39 bits per heavy atom. The highest BCUT2D eigenvalue weighted by Gasteiger charge is 2.31. The van der Waals surface area contributed by atoms with Gasteiger partial charge in [-0.2, -0.15) is 0 Å². The van der Waals surface area contributed by atoms with Crippen LogP contribution < -0.4 is 18.9 Å². The van der Waals surface area contributed by atoms with Crippen molar-refractivity contribution in [2.75, 3.05) is 34.4 Å². The molecule has 6 rings (SSSR count). The SMILES string of the molecule is COc1ccc(C(=O)Oc2cc3c(c(Cl)c2OC(=O)c2ccc(OC)cc2)CCN(C)CC3c2ccc3c(c2)CCC3)cc1. The number of rotatable bonds is 7. The summed E-state index contributed by atoms with van der Waals surface area (Å²) in [6.45, 7) is 1.53. The minimum atomic E-state index is -0.628. The van der Waals surface area contributed by atoms with Crippen molar-refractivity contribution in [1.29, 1.82) is 0 Å². The predicted molar refractivity (Wildman–Crippen MR) is 169 cm³/mol. The van der Waals surface area contributed by atoms with Crippen molar-refractivity contribution >= 4 is 23.5 Å². The second-order valence-corrected chi connectivity index (χ2v) is 11.6. The van der Waals surface area contributed by atoms with Crippen molar-refractivity contribution in [1.82, 2.24) is 4.90 Å². The van der Waals surface area contributed by atoms with E-state index in [4.69, 9.17) is 30.5 Å². The largest absolute Gasteiger partial charge is 0.497 e. The third kappa shape index (κ3) is 6.03. The van der Waals surface area contributed by atoms with Crippen molar-refractivity contribution in [3.05, 3.63) is 117 Å². The van der Waals surface area contributed by atoms with E-state index in [2.05, 4.69) is 30.1 Å². The van der Waals surface area contributed by atoms with Crippen molar-refractivity contribution in [2.45, 2.75) is 31.6 Å². The molecule has 44 heavy (non-hydrogen) atoms. The molecule has 0 amide bonds. The minimum Gasteiger partial charge on any atom is -0.497 e. The number of halogens is 1. The van der Waals surface area contributed by atoms with Gasteiger partial charge in [-0.3, -0.25) is 0 Å². The monoisotopic (exact) mass is 611 g/mol. The van der Waals surface area contributed by atoms with Crippen LogP contribution in [-0.2, 0) is 19.3 Å². The predicted octanol–water partition coefficient (Wildman–Crippen LogP) is 6.90. The van der Waals surface area contributed by atoms with Crippen LogP contribution in [0.3, 0.4) is 0 Å². The summed E-state index contributed by atoms with van der Waals surface area (Å²) in [5, 5.41) is 0.267. The maximum atomic E-state index is 13.4. The lowest BCUT2D eigenvalue weighted by molar-refractivity contribution is 0.0682. The Morgan fingerprint density at radius 1 is 0.773 bits per heavy atom. The lowest BCUT2D eigenvalue weighted by atomic mass is 9.86. The van der Waals surface area contributed by atoms with Gasteiger partial charge in [-0.1, -0.05) is 29.8 Å². The highest BCUT2D eigenvalue weighted by Crippen LogP contribution is 2.46. The first-order chi connectivity index (χ1) is 21.3. The molecule has 226 valence electrons. The molecule has 1 heterocycles. The van der Waals surface area contributed by atoms with Gasteiger partial charge in [0.15, 0.2) is 11.5 Å². The van der Waals surface area contributed by atoms with Gasteiger partial charge >= 0.3 is 11.9 Å². The quantitative estimate of drug-likeness (QED) is 0.166. The zero-order chi connectivity index (χ0) is 30.8. The first kappa shape index (κ1) is 29.7. The summed E-state index contributed by atoms with van der Waals surface area (Å²) in [6.07, 6.45) is 3.99. The molecule has 0 saturated heterocycles. The molecule has 0 radical (unpaired) electrons. The van der Waals surface area contributed by atoms with Crippen LogP contribution in [0.15, 0.2) is 72.8 Å². The summed E-state index contributed by atoms with van der Waals surface area (Å²) in [7, 11) is 5.21. The molecule has 0 saturated carbocycles. The minimum absolute atomic E-state index is 0.0188. The van der Waals surface area contributed by atoms with E-state index in [0.717, 1.165) is 37.1 Å². The average Bonchev–Trinajstić information content (AvgIpc) is 3.46. The van der Waals surface area contributed by atoms with Gasteiger partial charge in [0.1, 0.15) is 11.5 Å². The summed E-state index contributed by atoms with van der Waals surface area (Å²) in [5.74, 6) is 0.0797. The molecule has 8 heteroatoms. The maximum Gasteiger partial charge on any atom is 0.343 e. The smallest absolute Gasteiger partial charge is 0.343 e. The highest BCUT2D eigenvalue weighted by molar-refractivity contribution is 6.33. The molecular formula is C36H34ClNO6. The first-order valence-electron chi connectivity index (χ1n) is 14.7. The molecule has 0 bridgehead atoms. The lowest BCUT2D eigenvalue weighted by Gasteiger charge is -2.24. The van der Waals surface area contributed by atoms with E-state index in [9.17, 15) is 9.59 Å². The summed E-state index contributed by atoms with van der Waals surface area (Å²) in [4.78, 5) is 29.0. The van der Waals surface area contributed by atoms with Crippen LogP contribution in [0.5, 0.6) is 23.0 Å². The molecular weight excluding hydrogens is 578 g/mol. The number of benzene rings is 4. The molecule has 4 aromatic carbocycles. The Labute approximate surface area is 262 Å². The Bertz CT molecular complexity index is 1700. The van der Waals surface area contributed by atoms with Crippen molar-refractivity contribution in [2.24, 2.45) is 0 Å². The van der Waals surface area contributed by atoms with Crippen molar-refractivity contribution in [3.63, 3.8) is 0 Å². The number of nitrogens with zero attached hydrogens (tertiary/aromatic N) is 1. The van der Waals surface area contributed by atoms with Crippen LogP contribution in [0.2, 0.25) is 5.02 Å². The zero-order valence-electron chi connectivity index (χ0n) is 25.0. The van der Waals surface area contributed by atoms with Gasteiger partial charge in [0.2, 0.25) is 0 Å². The fourth-order valence-corrected chi connectivity index (χ4v) is 6.40. The van der Waals surface area contributed by atoms with Crippen molar-refractivity contribution < 1.29 is 28.5 Å². The molecule has 1 atom stereocenters. The second kappa shape index (κ2) is 12.7. The molecule has 1 unspecified atom stereocenters. The number of fused-ring (bicyclic) bond motifs is 2. The zero-order valence-corrected chi connectivity index (χ0v) is 25.8. The Kier molecular flexibility index (Phi) is 8.60. The average molecular weight is 612 g/mol. The summed E-state index contributed by atoms with van der Waals surface area (Å²) in [5.41, 5.74) is 6.44. The van der Waals surface area contributed by atoms with Gasteiger partial charge in [-0.05, 0) is 115 Å². The molecule has 4 aromatic rings. The van der Waals surface area contributed by atoms with Gasteiger partial charge in [0.25, 0.3) is 0 Å². The number of carbonyl (C=O) groups is 2. The molecule has 1 aliphatic carbocycles. The van der Waals surface area contributed by atoms with Crippen LogP contribution in [0.4, 0.5) is 0 Å². The third-order valence-corrected chi connectivity index (χ3v) is 8.91. The number of methoxy groups -OCH3 is 2. The molecule has 1 aliphatic heterocycles. The number of hydrogen-bond donors (Lipinski definition) is 0. The van der Waals surface area contributed by atoms with Gasteiger partial charge in [0, 0.05) is 19.0 Å². The number of carbonyl (C=O) groups excluding carboxylic acids is 2. The first-order valence-corrected chi connectivity index (χ1v) is 15.1. The number of esters is 2. The number of hydrogen-bond acceptors (Lipinski definition) is 7. The number of aryl methyl sites for hydroxylation is 2. The van der Waals surface area contributed by atoms with Gasteiger partial charge in [0.05, 0.1) is 30.4 Å². The fraction of sp³-hybridized carbons (Fsp3) is 0.278. The van der Waals surface area contributed by atoms with Crippen LogP contribution in [0, 0.1) is 0 Å². The molecule has 7 nitrogen and oxygen atoms in total. The van der Waals surface area contributed by atoms with E-state index >= 15 is 0 Å². The Hall–Kier alpha value is -4.33. The van der Waals surface area contributed by atoms with Gasteiger partial charge in [-0.15, -0.1) is 0 Å². The van der Waals surface area contributed by atoms with E-state index in [0.29, 0.717) is 29.0 Å². The summed E-state index contributed by atoms with van der Waals surface area (Å²) >= 11 is 7.12. The van der Waals surface area contributed by atoms with E-state index in [1.54, 1.807) is 62.8 Å². The van der Waals surface area contributed by atoms with Crippen LogP contribution in [0.1, 0.15) is 60.9 Å². The van der Waals surface area contributed by atoms with Crippen molar-refractivity contribution in [3.8, 4) is 23.0 Å². The molecule has 0 aromatic heterocycles.